The van der Waals surface area contributed by atoms with E-state index < -0.39 is 11.7 Å². The molecule has 0 saturated heterocycles. The van der Waals surface area contributed by atoms with Gasteiger partial charge in [0.1, 0.15) is 5.60 Å². The topological polar surface area (TPSA) is 77.2 Å². The number of pyridine rings is 1. The van der Waals surface area contributed by atoms with Crippen LogP contribution in [-0.4, -0.2) is 29.8 Å². The molecule has 1 rings (SSSR count). The number of halogens is 1. The van der Waals surface area contributed by atoms with E-state index in [1.165, 1.54) is 0 Å². The van der Waals surface area contributed by atoms with Gasteiger partial charge in [-0.25, -0.2) is 4.79 Å². The van der Waals surface area contributed by atoms with Gasteiger partial charge >= 0.3 is 6.09 Å². The zero-order chi connectivity index (χ0) is 14.5. The number of rotatable bonds is 4. The van der Waals surface area contributed by atoms with Crippen molar-refractivity contribution in [2.24, 2.45) is 5.73 Å². The standard InChI is InChI=1S/C13H20BrN3O2/c1-13(2,3)19-12(18)17-7-9(6-15)11-5-4-10(14)8-16-11/h4-5,8-9H,6-7,15H2,1-3H3,(H,17,18). The summed E-state index contributed by atoms with van der Waals surface area (Å²) in [6.07, 6.45) is 1.27. The van der Waals surface area contributed by atoms with E-state index in [9.17, 15) is 4.79 Å². The minimum Gasteiger partial charge on any atom is -0.444 e. The zero-order valence-corrected chi connectivity index (χ0v) is 13.0. The van der Waals surface area contributed by atoms with E-state index in [0.717, 1.165) is 10.2 Å². The molecule has 0 saturated carbocycles. The highest BCUT2D eigenvalue weighted by molar-refractivity contribution is 9.10. The lowest BCUT2D eigenvalue weighted by Gasteiger charge is -2.21. The van der Waals surface area contributed by atoms with Crippen LogP contribution in [0.2, 0.25) is 0 Å². The minimum atomic E-state index is -0.502. The summed E-state index contributed by atoms with van der Waals surface area (Å²) in [5.74, 6) is -0.0272. The highest BCUT2D eigenvalue weighted by Gasteiger charge is 2.18. The van der Waals surface area contributed by atoms with E-state index in [1.807, 2.05) is 32.9 Å². The highest BCUT2D eigenvalue weighted by Crippen LogP contribution is 2.14. The number of amides is 1. The molecule has 19 heavy (non-hydrogen) atoms. The van der Waals surface area contributed by atoms with Crippen LogP contribution < -0.4 is 11.1 Å². The lowest BCUT2D eigenvalue weighted by Crippen LogP contribution is -2.36. The Labute approximate surface area is 122 Å². The first-order valence-electron chi connectivity index (χ1n) is 6.10. The number of carbonyl (C=O) groups is 1. The molecule has 0 aliphatic heterocycles. The fourth-order valence-electron chi connectivity index (χ4n) is 1.46. The van der Waals surface area contributed by atoms with E-state index in [0.29, 0.717) is 13.1 Å². The monoisotopic (exact) mass is 329 g/mol. The fourth-order valence-corrected chi connectivity index (χ4v) is 1.69. The lowest BCUT2D eigenvalue weighted by atomic mass is 10.1. The second-order valence-electron chi connectivity index (χ2n) is 5.22. The number of nitrogens with two attached hydrogens (primary N) is 1. The van der Waals surface area contributed by atoms with Crippen molar-refractivity contribution < 1.29 is 9.53 Å². The molecular formula is C13H20BrN3O2. The number of alkyl carbamates (subject to hydrolysis) is 1. The van der Waals surface area contributed by atoms with E-state index in [-0.39, 0.29) is 5.92 Å². The summed E-state index contributed by atoms with van der Waals surface area (Å²) in [7, 11) is 0. The molecule has 0 radical (unpaired) electrons. The SMILES string of the molecule is CC(C)(C)OC(=O)NCC(CN)c1ccc(Br)cn1. The molecule has 6 heteroatoms. The second-order valence-corrected chi connectivity index (χ2v) is 6.13. The van der Waals surface area contributed by atoms with Crippen molar-refractivity contribution in [1.29, 1.82) is 0 Å². The molecule has 0 aliphatic rings. The summed E-state index contributed by atoms with van der Waals surface area (Å²) in [6.45, 7) is 6.28. The van der Waals surface area contributed by atoms with Crippen molar-refractivity contribution in [3.8, 4) is 0 Å². The van der Waals surface area contributed by atoms with Crippen LogP contribution in [0.4, 0.5) is 4.79 Å². The Balaban J connectivity index is 2.54. The third-order valence-corrected chi connectivity index (χ3v) is 2.81. The van der Waals surface area contributed by atoms with Gasteiger partial charge in [-0.05, 0) is 48.8 Å². The number of nitrogens with one attached hydrogen (secondary N) is 1. The molecule has 1 aromatic heterocycles. The van der Waals surface area contributed by atoms with Gasteiger partial charge in [-0.3, -0.25) is 4.98 Å². The average molecular weight is 330 g/mol. The molecular weight excluding hydrogens is 310 g/mol. The van der Waals surface area contributed by atoms with Crippen LogP contribution in [0.5, 0.6) is 0 Å². The van der Waals surface area contributed by atoms with Crippen LogP contribution >= 0.6 is 15.9 Å². The molecule has 5 nitrogen and oxygen atoms in total. The largest absolute Gasteiger partial charge is 0.444 e. The quantitative estimate of drug-likeness (QED) is 0.889. The minimum absolute atomic E-state index is 0.0272. The van der Waals surface area contributed by atoms with E-state index in [2.05, 4.69) is 26.2 Å². The maximum atomic E-state index is 11.6. The lowest BCUT2D eigenvalue weighted by molar-refractivity contribution is 0.0524. The fraction of sp³-hybridized carbons (Fsp3) is 0.538. The van der Waals surface area contributed by atoms with Gasteiger partial charge in [0.2, 0.25) is 0 Å². The van der Waals surface area contributed by atoms with Crippen molar-refractivity contribution in [2.45, 2.75) is 32.3 Å². The zero-order valence-electron chi connectivity index (χ0n) is 11.4. The number of ether oxygens (including phenoxy) is 1. The first-order chi connectivity index (χ1) is 8.81. The predicted molar refractivity (Wildman–Crippen MR) is 78.0 cm³/mol. The summed E-state index contributed by atoms with van der Waals surface area (Å²) >= 11 is 3.33. The molecule has 3 N–H and O–H groups in total. The number of nitrogens with zero attached hydrogens (tertiary/aromatic N) is 1. The van der Waals surface area contributed by atoms with Crippen LogP contribution in [0.15, 0.2) is 22.8 Å². The van der Waals surface area contributed by atoms with E-state index >= 15 is 0 Å². The van der Waals surface area contributed by atoms with Crippen LogP contribution in [0, 0.1) is 0 Å². The molecule has 1 heterocycles. The molecule has 0 aromatic carbocycles. The number of hydrogen-bond donors (Lipinski definition) is 2. The Hall–Kier alpha value is -1.14. The summed E-state index contributed by atoms with van der Waals surface area (Å²) < 4.78 is 6.08. The van der Waals surface area contributed by atoms with Crippen LogP contribution in [0.1, 0.15) is 32.4 Å². The number of carbonyl (C=O) groups excluding carboxylic acids is 1. The van der Waals surface area contributed by atoms with Crippen LogP contribution in [0.3, 0.4) is 0 Å². The van der Waals surface area contributed by atoms with Gasteiger partial charge in [-0.15, -0.1) is 0 Å². The van der Waals surface area contributed by atoms with Gasteiger partial charge in [-0.1, -0.05) is 0 Å². The van der Waals surface area contributed by atoms with Crippen molar-refractivity contribution in [1.82, 2.24) is 10.3 Å². The molecule has 1 aromatic rings. The Kier molecular flexibility index (Phi) is 5.75. The predicted octanol–water partition coefficient (Wildman–Crippen LogP) is 2.41. The Bertz CT molecular complexity index is 415. The van der Waals surface area contributed by atoms with Gasteiger partial charge in [0.15, 0.2) is 0 Å². The van der Waals surface area contributed by atoms with Crippen LogP contribution in [0.25, 0.3) is 0 Å². The molecule has 0 spiro atoms. The first kappa shape index (κ1) is 15.9. The maximum absolute atomic E-state index is 11.6. The van der Waals surface area contributed by atoms with E-state index in [4.69, 9.17) is 10.5 Å². The number of aromatic nitrogens is 1. The normalized spacial score (nSPS) is 12.9. The molecule has 0 fully saturated rings. The Morgan fingerprint density at radius 1 is 1.53 bits per heavy atom. The summed E-state index contributed by atoms with van der Waals surface area (Å²) in [4.78, 5) is 15.8. The molecule has 1 atom stereocenters. The molecule has 1 amide bonds. The van der Waals surface area contributed by atoms with Crippen molar-refractivity contribution in [3.05, 3.63) is 28.5 Å². The van der Waals surface area contributed by atoms with Crippen molar-refractivity contribution in [3.63, 3.8) is 0 Å². The maximum Gasteiger partial charge on any atom is 0.407 e. The van der Waals surface area contributed by atoms with Gasteiger partial charge in [0, 0.05) is 35.4 Å². The Morgan fingerprint density at radius 3 is 2.68 bits per heavy atom. The van der Waals surface area contributed by atoms with Gasteiger partial charge in [0.05, 0.1) is 0 Å². The molecule has 0 bridgehead atoms. The Morgan fingerprint density at radius 2 is 2.21 bits per heavy atom. The molecule has 106 valence electrons. The third-order valence-electron chi connectivity index (χ3n) is 2.34. The van der Waals surface area contributed by atoms with Crippen LogP contribution in [-0.2, 0) is 4.74 Å². The van der Waals surface area contributed by atoms with E-state index in [1.54, 1.807) is 6.20 Å². The smallest absolute Gasteiger partial charge is 0.407 e. The van der Waals surface area contributed by atoms with Crippen molar-refractivity contribution in [2.75, 3.05) is 13.1 Å². The molecule has 0 aliphatic carbocycles. The van der Waals surface area contributed by atoms with Gasteiger partial charge in [0.25, 0.3) is 0 Å². The highest BCUT2D eigenvalue weighted by atomic mass is 79.9. The summed E-state index contributed by atoms with van der Waals surface area (Å²) in [5, 5.41) is 2.71. The molecule has 1 unspecified atom stereocenters. The van der Waals surface area contributed by atoms with Gasteiger partial charge < -0.3 is 15.8 Å². The average Bonchev–Trinajstić information content (AvgIpc) is 2.29. The summed E-state index contributed by atoms with van der Waals surface area (Å²) in [6, 6.07) is 3.79. The third kappa shape index (κ3) is 6.02. The second kappa shape index (κ2) is 6.86. The first-order valence-corrected chi connectivity index (χ1v) is 6.89. The van der Waals surface area contributed by atoms with Crippen molar-refractivity contribution >= 4 is 22.0 Å². The van der Waals surface area contributed by atoms with Gasteiger partial charge in [-0.2, -0.15) is 0 Å². The summed E-state index contributed by atoms with van der Waals surface area (Å²) in [5.41, 5.74) is 6.06. The number of hydrogen-bond acceptors (Lipinski definition) is 4.